The number of benzene rings is 1. The highest BCUT2D eigenvalue weighted by Crippen LogP contribution is 2.19. The molecule has 0 aliphatic heterocycles. The molecule has 2 heterocycles. The monoisotopic (exact) mass is 356 g/mol. The number of nitrogen functional groups attached to an aromatic ring is 1. The fourth-order valence-corrected chi connectivity index (χ4v) is 2.76. The first-order valence-corrected chi connectivity index (χ1v) is 7.65. The molecule has 126 valence electrons. The van der Waals surface area contributed by atoms with Gasteiger partial charge in [-0.1, -0.05) is 29.5 Å². The number of thiazole rings is 1. The minimum absolute atomic E-state index is 0.250. The zero-order chi connectivity index (χ0) is 17.8. The van der Waals surface area contributed by atoms with E-state index in [1.54, 1.807) is 30.3 Å². The standard InChI is InChI=1S/C13H12N10OS/c14-6-8(19-18-7-4-2-1-3-5-7)12(24)22-23-11-9(10(15)20-21-11)25-13(23)17-16/h1-5,18H,16H2,(H,22,24)(H3,15,20,21)/b17-13-,19-8+. The van der Waals surface area contributed by atoms with Crippen LogP contribution in [0.4, 0.5) is 11.5 Å². The van der Waals surface area contributed by atoms with Crippen LogP contribution in [0.1, 0.15) is 0 Å². The predicted octanol–water partition coefficient (Wildman–Crippen LogP) is -0.156. The summed E-state index contributed by atoms with van der Waals surface area (Å²) in [5.74, 6) is 4.88. The quantitative estimate of drug-likeness (QED) is 0.246. The Morgan fingerprint density at radius 3 is 2.84 bits per heavy atom. The van der Waals surface area contributed by atoms with Gasteiger partial charge in [0.2, 0.25) is 10.5 Å². The second-order valence-corrected chi connectivity index (χ2v) is 5.61. The number of nitrogens with one attached hydrogen (secondary N) is 3. The zero-order valence-corrected chi connectivity index (χ0v) is 13.4. The van der Waals surface area contributed by atoms with E-state index in [1.807, 2.05) is 6.07 Å². The van der Waals surface area contributed by atoms with E-state index in [4.69, 9.17) is 16.8 Å². The molecule has 0 radical (unpaired) electrons. The topological polar surface area (TPSA) is 175 Å². The Morgan fingerprint density at radius 2 is 2.16 bits per heavy atom. The third kappa shape index (κ3) is 3.12. The molecule has 0 saturated heterocycles. The van der Waals surface area contributed by atoms with Gasteiger partial charge in [-0.25, -0.2) is 4.68 Å². The average molecular weight is 356 g/mol. The Kier molecular flexibility index (Phi) is 4.31. The van der Waals surface area contributed by atoms with Gasteiger partial charge >= 0.3 is 5.91 Å². The van der Waals surface area contributed by atoms with Crippen LogP contribution in [0.2, 0.25) is 0 Å². The molecule has 0 spiro atoms. The molecule has 11 nitrogen and oxygen atoms in total. The Morgan fingerprint density at radius 1 is 1.40 bits per heavy atom. The lowest BCUT2D eigenvalue weighted by Gasteiger charge is -2.05. The maximum atomic E-state index is 12.3. The summed E-state index contributed by atoms with van der Waals surface area (Å²) < 4.78 is 1.80. The van der Waals surface area contributed by atoms with Crippen molar-refractivity contribution in [2.24, 2.45) is 16.0 Å². The number of carbonyl (C=O) groups is 1. The zero-order valence-electron chi connectivity index (χ0n) is 12.6. The van der Waals surface area contributed by atoms with Gasteiger partial charge < -0.3 is 11.6 Å². The number of hydrazone groups is 1. The second-order valence-electron chi connectivity index (χ2n) is 4.63. The van der Waals surface area contributed by atoms with E-state index in [0.29, 0.717) is 21.9 Å². The number of rotatable bonds is 4. The molecule has 7 N–H and O–H groups in total. The van der Waals surface area contributed by atoms with Crippen molar-refractivity contribution < 1.29 is 4.79 Å². The molecule has 0 atom stereocenters. The van der Waals surface area contributed by atoms with Crippen LogP contribution in [0.5, 0.6) is 0 Å². The number of para-hydroxylation sites is 1. The summed E-state index contributed by atoms with van der Waals surface area (Å²) in [6.45, 7) is 0. The molecule has 0 saturated carbocycles. The molecule has 1 amide bonds. The van der Waals surface area contributed by atoms with Gasteiger partial charge in [-0.2, -0.15) is 20.6 Å². The number of hydrogen-bond donors (Lipinski definition) is 5. The smallest absolute Gasteiger partial charge is 0.301 e. The SMILES string of the molecule is N#C/C(=N\Nc1ccccc1)C(=O)Nn1/c(=N/N)sc2c(N)[nH]nc21. The van der Waals surface area contributed by atoms with Crippen LogP contribution in [0.3, 0.4) is 0 Å². The fraction of sp³-hybridized carbons (Fsp3) is 0. The van der Waals surface area contributed by atoms with Crippen molar-refractivity contribution >= 4 is 44.8 Å². The van der Waals surface area contributed by atoms with Gasteiger partial charge in [0, 0.05) is 0 Å². The molecule has 2 aromatic heterocycles. The van der Waals surface area contributed by atoms with Crippen molar-refractivity contribution in [3.8, 4) is 6.07 Å². The van der Waals surface area contributed by atoms with Gasteiger partial charge in [-0.15, -0.1) is 0 Å². The van der Waals surface area contributed by atoms with Crippen LogP contribution >= 0.6 is 11.3 Å². The summed E-state index contributed by atoms with van der Waals surface area (Å²) >= 11 is 1.13. The van der Waals surface area contributed by atoms with Gasteiger partial charge in [0.15, 0.2) is 5.65 Å². The molecular weight excluding hydrogens is 344 g/mol. The number of fused-ring (bicyclic) bond motifs is 1. The number of anilines is 2. The van der Waals surface area contributed by atoms with Crippen molar-refractivity contribution in [3.63, 3.8) is 0 Å². The van der Waals surface area contributed by atoms with Crippen LogP contribution in [0.25, 0.3) is 10.3 Å². The van der Waals surface area contributed by atoms with E-state index in [0.717, 1.165) is 11.3 Å². The summed E-state index contributed by atoms with van der Waals surface area (Å²) in [6, 6.07) is 10.6. The lowest BCUT2D eigenvalue weighted by Crippen LogP contribution is -2.35. The Balaban J connectivity index is 1.87. The number of nitrogens with zero attached hydrogens (tertiary/aromatic N) is 5. The largest absolute Gasteiger partial charge is 0.383 e. The highest BCUT2D eigenvalue weighted by atomic mass is 32.1. The molecule has 0 fully saturated rings. The number of nitrogens with two attached hydrogens (primary N) is 2. The van der Waals surface area contributed by atoms with E-state index in [1.165, 1.54) is 4.68 Å². The van der Waals surface area contributed by atoms with Crippen molar-refractivity contribution in [3.05, 3.63) is 35.1 Å². The van der Waals surface area contributed by atoms with Crippen LogP contribution < -0.4 is 27.2 Å². The van der Waals surface area contributed by atoms with E-state index >= 15 is 0 Å². The third-order valence-electron chi connectivity index (χ3n) is 3.04. The highest BCUT2D eigenvalue weighted by Gasteiger charge is 2.17. The molecule has 0 bridgehead atoms. The molecule has 0 aliphatic carbocycles. The van der Waals surface area contributed by atoms with Gasteiger partial charge in [-0.3, -0.25) is 20.7 Å². The number of hydrogen-bond acceptors (Lipinski definition) is 9. The number of aromatic nitrogens is 3. The van der Waals surface area contributed by atoms with E-state index in [-0.39, 0.29) is 10.5 Å². The number of nitriles is 1. The van der Waals surface area contributed by atoms with Gasteiger partial charge in [0.25, 0.3) is 0 Å². The summed E-state index contributed by atoms with van der Waals surface area (Å²) in [5, 5.41) is 23.1. The van der Waals surface area contributed by atoms with Crippen LogP contribution in [0, 0.1) is 11.3 Å². The summed E-state index contributed by atoms with van der Waals surface area (Å²) in [5.41, 5.74) is 11.4. The van der Waals surface area contributed by atoms with Crippen LogP contribution in [-0.4, -0.2) is 26.5 Å². The fourth-order valence-electron chi connectivity index (χ4n) is 1.91. The minimum Gasteiger partial charge on any atom is -0.383 e. The van der Waals surface area contributed by atoms with Crippen molar-refractivity contribution in [1.29, 1.82) is 5.26 Å². The van der Waals surface area contributed by atoms with Crippen LogP contribution in [-0.2, 0) is 4.79 Å². The lowest BCUT2D eigenvalue weighted by atomic mass is 10.3. The second kappa shape index (κ2) is 6.72. The molecular formula is C13H12N10OS. The predicted molar refractivity (Wildman–Crippen MR) is 93.6 cm³/mol. The number of H-pyrrole nitrogens is 1. The maximum absolute atomic E-state index is 12.3. The number of amides is 1. The van der Waals surface area contributed by atoms with Crippen molar-refractivity contribution in [1.82, 2.24) is 14.9 Å². The van der Waals surface area contributed by atoms with Gasteiger partial charge in [0.1, 0.15) is 16.6 Å². The van der Waals surface area contributed by atoms with E-state index < -0.39 is 5.91 Å². The Labute approximate surface area is 144 Å². The molecule has 1 aromatic carbocycles. The molecule has 3 aromatic rings. The first-order valence-electron chi connectivity index (χ1n) is 6.83. The highest BCUT2D eigenvalue weighted by molar-refractivity contribution is 7.17. The Hall–Kier alpha value is -3.85. The maximum Gasteiger partial charge on any atom is 0.301 e. The molecule has 25 heavy (non-hydrogen) atoms. The average Bonchev–Trinajstić information content (AvgIpc) is 3.16. The van der Waals surface area contributed by atoms with Gasteiger partial charge in [-0.05, 0) is 12.1 Å². The molecule has 0 unspecified atom stereocenters. The van der Waals surface area contributed by atoms with Crippen molar-refractivity contribution in [2.45, 2.75) is 0 Å². The summed E-state index contributed by atoms with van der Waals surface area (Å²) in [7, 11) is 0. The first kappa shape index (κ1) is 16.0. The van der Waals surface area contributed by atoms with Crippen molar-refractivity contribution in [2.75, 3.05) is 16.6 Å². The number of aromatic amines is 1. The summed E-state index contributed by atoms with van der Waals surface area (Å²) in [4.78, 5) is 12.6. The minimum atomic E-state index is -0.762. The third-order valence-corrected chi connectivity index (χ3v) is 4.12. The lowest BCUT2D eigenvalue weighted by molar-refractivity contribution is -0.111. The Bertz CT molecular complexity index is 1050. The van der Waals surface area contributed by atoms with E-state index in [2.05, 4.69) is 31.3 Å². The molecule has 12 heteroatoms. The summed E-state index contributed by atoms with van der Waals surface area (Å²) in [6.07, 6.45) is 0. The van der Waals surface area contributed by atoms with Gasteiger partial charge in [0.05, 0.1) is 5.69 Å². The van der Waals surface area contributed by atoms with Crippen LogP contribution in [0.15, 0.2) is 40.5 Å². The first-order chi connectivity index (χ1) is 12.1. The van der Waals surface area contributed by atoms with E-state index in [9.17, 15) is 4.79 Å². The molecule has 3 rings (SSSR count). The normalized spacial score (nSPS) is 12.1. The molecule has 0 aliphatic rings. The number of carbonyl (C=O) groups excluding carboxylic acids is 1.